The van der Waals surface area contributed by atoms with Gasteiger partial charge >= 0.3 is 5.97 Å². The Bertz CT molecular complexity index is 823. The van der Waals surface area contributed by atoms with E-state index in [4.69, 9.17) is 32.7 Å². The van der Waals surface area contributed by atoms with E-state index in [-0.39, 0.29) is 11.6 Å². The maximum Gasteiger partial charge on any atom is 0.344 e. The average Bonchev–Trinajstić information content (AvgIpc) is 2.60. The van der Waals surface area contributed by atoms with Crippen LogP contribution in [0.2, 0.25) is 10.0 Å². The molecule has 0 aliphatic carbocycles. The Kier molecular flexibility index (Phi) is 6.89. The number of anilines is 1. The molecule has 2 rings (SSSR count). The molecule has 0 aromatic heterocycles. The zero-order valence-electron chi connectivity index (χ0n) is 14.6. The van der Waals surface area contributed by atoms with Crippen molar-refractivity contribution in [1.82, 2.24) is 0 Å². The lowest BCUT2D eigenvalue weighted by Gasteiger charge is -2.15. The summed E-state index contributed by atoms with van der Waals surface area (Å²) < 4.78 is 10.5. The number of ether oxygens (including phenoxy) is 2. The Balaban J connectivity index is 1.86. The van der Waals surface area contributed by atoms with E-state index in [9.17, 15) is 9.59 Å². The molecular weight excluding hydrogens is 377 g/mol. The van der Waals surface area contributed by atoms with Crippen LogP contribution in [0.15, 0.2) is 36.4 Å². The zero-order valence-corrected chi connectivity index (χ0v) is 16.1. The smallest absolute Gasteiger partial charge is 0.344 e. The lowest BCUT2D eigenvalue weighted by atomic mass is 10.1. The largest absolute Gasteiger partial charge is 0.482 e. The van der Waals surface area contributed by atoms with Crippen molar-refractivity contribution < 1.29 is 19.1 Å². The molecule has 0 heterocycles. The van der Waals surface area contributed by atoms with Crippen LogP contribution in [0.3, 0.4) is 0 Å². The highest BCUT2D eigenvalue weighted by Gasteiger charge is 2.19. The number of esters is 1. The van der Waals surface area contributed by atoms with Gasteiger partial charge in [0.1, 0.15) is 5.75 Å². The number of benzene rings is 2. The molecule has 7 heteroatoms. The fraction of sp³-hybridized carbons (Fsp3) is 0.263. The normalized spacial score (nSPS) is 11.6. The molecule has 0 saturated heterocycles. The molecule has 1 N–H and O–H groups in total. The predicted molar refractivity (Wildman–Crippen MR) is 102 cm³/mol. The standard InChI is InChI=1S/C19H19Cl2NO4/c1-11-7-8-14(9-12(11)2)25-10-17(23)26-13(3)19(24)22-16-6-4-5-15(20)18(16)21/h4-9,13H,10H2,1-3H3,(H,22,24). The molecule has 0 aliphatic rings. The summed E-state index contributed by atoms with van der Waals surface area (Å²) in [5.41, 5.74) is 2.53. The highest BCUT2D eigenvalue weighted by Crippen LogP contribution is 2.29. The molecule has 0 bridgehead atoms. The second kappa shape index (κ2) is 8.92. The summed E-state index contributed by atoms with van der Waals surface area (Å²) in [6.45, 7) is 5.10. The van der Waals surface area contributed by atoms with Gasteiger partial charge in [-0.05, 0) is 56.2 Å². The van der Waals surface area contributed by atoms with Crippen molar-refractivity contribution in [2.24, 2.45) is 0 Å². The van der Waals surface area contributed by atoms with E-state index in [0.29, 0.717) is 16.5 Å². The van der Waals surface area contributed by atoms with E-state index in [1.54, 1.807) is 24.3 Å². The van der Waals surface area contributed by atoms with Crippen molar-refractivity contribution in [3.8, 4) is 5.75 Å². The summed E-state index contributed by atoms with van der Waals surface area (Å²) in [7, 11) is 0. The minimum Gasteiger partial charge on any atom is -0.482 e. The van der Waals surface area contributed by atoms with E-state index in [0.717, 1.165) is 11.1 Å². The van der Waals surface area contributed by atoms with Gasteiger partial charge in [-0.25, -0.2) is 4.79 Å². The third kappa shape index (κ3) is 5.38. The SMILES string of the molecule is Cc1ccc(OCC(=O)OC(C)C(=O)Nc2cccc(Cl)c2Cl)cc1C. The monoisotopic (exact) mass is 395 g/mol. The summed E-state index contributed by atoms with van der Waals surface area (Å²) in [5, 5.41) is 3.11. The Morgan fingerprint density at radius 2 is 1.85 bits per heavy atom. The Morgan fingerprint density at radius 1 is 1.12 bits per heavy atom. The molecule has 1 unspecified atom stereocenters. The molecule has 0 radical (unpaired) electrons. The van der Waals surface area contributed by atoms with Gasteiger partial charge in [-0.3, -0.25) is 4.79 Å². The number of hydrogen-bond donors (Lipinski definition) is 1. The average molecular weight is 396 g/mol. The molecule has 1 atom stereocenters. The number of carbonyl (C=O) groups excluding carboxylic acids is 2. The minimum absolute atomic E-state index is 0.221. The lowest BCUT2D eigenvalue weighted by Crippen LogP contribution is -2.31. The number of halogens is 2. The van der Waals surface area contributed by atoms with Crippen LogP contribution in [-0.4, -0.2) is 24.6 Å². The maximum atomic E-state index is 12.1. The second-order valence-corrected chi connectivity index (χ2v) is 6.54. The molecule has 1 amide bonds. The van der Waals surface area contributed by atoms with E-state index in [1.807, 2.05) is 26.0 Å². The van der Waals surface area contributed by atoms with Crippen LogP contribution >= 0.6 is 23.2 Å². The second-order valence-electron chi connectivity index (χ2n) is 5.76. The summed E-state index contributed by atoms with van der Waals surface area (Å²) in [6.07, 6.45) is -1.01. The fourth-order valence-corrected chi connectivity index (χ4v) is 2.41. The van der Waals surface area contributed by atoms with Crippen LogP contribution in [0.1, 0.15) is 18.1 Å². The molecule has 0 aliphatic heterocycles. The third-order valence-corrected chi connectivity index (χ3v) is 4.54. The van der Waals surface area contributed by atoms with E-state index < -0.39 is 18.0 Å². The molecule has 0 saturated carbocycles. The molecule has 0 spiro atoms. The minimum atomic E-state index is -1.01. The van der Waals surface area contributed by atoms with Crippen molar-refractivity contribution in [1.29, 1.82) is 0 Å². The molecule has 5 nitrogen and oxygen atoms in total. The van der Waals surface area contributed by atoms with Gasteiger partial charge < -0.3 is 14.8 Å². The van der Waals surface area contributed by atoms with Crippen molar-refractivity contribution >= 4 is 40.8 Å². The molecule has 2 aromatic carbocycles. The van der Waals surface area contributed by atoms with Crippen LogP contribution in [0.5, 0.6) is 5.75 Å². The molecular formula is C19H19Cl2NO4. The third-order valence-electron chi connectivity index (χ3n) is 3.72. The van der Waals surface area contributed by atoms with Crippen molar-refractivity contribution in [2.45, 2.75) is 26.9 Å². The number of rotatable bonds is 6. The molecule has 26 heavy (non-hydrogen) atoms. The summed E-state index contributed by atoms with van der Waals surface area (Å²) in [6, 6.07) is 10.4. The summed E-state index contributed by atoms with van der Waals surface area (Å²) in [4.78, 5) is 24.0. The Hall–Kier alpha value is -2.24. The summed E-state index contributed by atoms with van der Waals surface area (Å²) >= 11 is 11.9. The van der Waals surface area contributed by atoms with Crippen LogP contribution < -0.4 is 10.1 Å². The van der Waals surface area contributed by atoms with E-state index >= 15 is 0 Å². The first-order valence-electron chi connectivity index (χ1n) is 7.92. The highest BCUT2D eigenvalue weighted by molar-refractivity contribution is 6.44. The molecule has 138 valence electrons. The number of amides is 1. The fourth-order valence-electron chi connectivity index (χ4n) is 2.07. The molecule has 0 fully saturated rings. The van der Waals surface area contributed by atoms with Gasteiger partial charge in [-0.1, -0.05) is 35.3 Å². The predicted octanol–water partition coefficient (Wildman–Crippen LogP) is 4.56. The van der Waals surface area contributed by atoms with Crippen molar-refractivity contribution in [2.75, 3.05) is 11.9 Å². The van der Waals surface area contributed by atoms with E-state index in [2.05, 4.69) is 5.32 Å². The van der Waals surface area contributed by atoms with Gasteiger partial charge in [-0.2, -0.15) is 0 Å². The van der Waals surface area contributed by atoms with Crippen LogP contribution in [0, 0.1) is 13.8 Å². The quantitative estimate of drug-likeness (QED) is 0.728. The van der Waals surface area contributed by atoms with E-state index in [1.165, 1.54) is 6.92 Å². The number of hydrogen-bond acceptors (Lipinski definition) is 4. The maximum absolute atomic E-state index is 12.1. The van der Waals surface area contributed by atoms with Gasteiger partial charge in [0, 0.05) is 0 Å². The number of aryl methyl sites for hydroxylation is 2. The van der Waals surface area contributed by atoms with Gasteiger partial charge in [0.05, 0.1) is 15.7 Å². The lowest BCUT2D eigenvalue weighted by molar-refractivity contribution is -0.155. The summed E-state index contributed by atoms with van der Waals surface area (Å²) in [5.74, 6) is -0.607. The van der Waals surface area contributed by atoms with Crippen molar-refractivity contribution in [3.05, 3.63) is 57.6 Å². The Morgan fingerprint density at radius 3 is 2.54 bits per heavy atom. The van der Waals surface area contributed by atoms with Crippen LogP contribution in [-0.2, 0) is 14.3 Å². The van der Waals surface area contributed by atoms with Gasteiger partial charge in [-0.15, -0.1) is 0 Å². The first-order chi connectivity index (χ1) is 12.3. The van der Waals surface area contributed by atoms with Gasteiger partial charge in [0.15, 0.2) is 12.7 Å². The van der Waals surface area contributed by atoms with Gasteiger partial charge in [0.2, 0.25) is 0 Å². The van der Waals surface area contributed by atoms with Crippen LogP contribution in [0.25, 0.3) is 0 Å². The number of carbonyl (C=O) groups is 2. The highest BCUT2D eigenvalue weighted by atomic mass is 35.5. The number of nitrogens with one attached hydrogen (secondary N) is 1. The Labute approximate surface area is 162 Å². The molecule has 2 aromatic rings. The zero-order chi connectivity index (χ0) is 19.3. The van der Waals surface area contributed by atoms with Crippen molar-refractivity contribution in [3.63, 3.8) is 0 Å². The topological polar surface area (TPSA) is 64.6 Å². The first-order valence-corrected chi connectivity index (χ1v) is 8.68. The van der Waals surface area contributed by atoms with Gasteiger partial charge in [0.25, 0.3) is 5.91 Å². The van der Waals surface area contributed by atoms with Crippen LogP contribution in [0.4, 0.5) is 5.69 Å². The first kappa shape index (κ1) is 20.1.